The van der Waals surface area contributed by atoms with Crippen LogP contribution in [0.25, 0.3) is 27.8 Å². The van der Waals surface area contributed by atoms with E-state index in [1.165, 1.54) is 72.6 Å². The average molecular weight is 809 g/mol. The molecule has 8 aromatic rings. The zero-order valence-electron chi connectivity index (χ0n) is 35.3. The molecule has 1 aliphatic heterocycles. The maximum absolute atomic E-state index is 2.58. The van der Waals surface area contributed by atoms with Crippen molar-refractivity contribution in [1.29, 1.82) is 0 Å². The third-order valence-corrected chi connectivity index (χ3v) is 14.1. The minimum Gasteiger partial charge on any atom is -0.337 e. The summed E-state index contributed by atoms with van der Waals surface area (Å²) < 4.78 is 0. The van der Waals surface area contributed by atoms with Crippen LogP contribution in [-0.4, -0.2) is 6.04 Å². The molecule has 4 aliphatic rings. The van der Waals surface area contributed by atoms with E-state index in [0.717, 1.165) is 42.7 Å². The lowest BCUT2D eigenvalue weighted by atomic mass is 9.67. The van der Waals surface area contributed by atoms with Crippen LogP contribution in [0.15, 0.2) is 231 Å². The van der Waals surface area contributed by atoms with Gasteiger partial charge in [-0.05, 0) is 148 Å². The molecule has 0 N–H and O–H groups in total. The summed E-state index contributed by atoms with van der Waals surface area (Å²) in [4.78, 5) is 5.03. The van der Waals surface area contributed by atoms with Gasteiger partial charge in [-0.2, -0.15) is 0 Å². The fraction of sp³-hybridized carbons (Fsp3) is 0.115. The maximum Gasteiger partial charge on any atom is 0.0714 e. The van der Waals surface area contributed by atoms with Crippen molar-refractivity contribution in [3.8, 4) is 22.3 Å². The number of benzene rings is 8. The second-order valence-electron chi connectivity index (χ2n) is 17.4. The van der Waals surface area contributed by atoms with Gasteiger partial charge < -0.3 is 9.80 Å². The zero-order chi connectivity index (χ0) is 41.7. The van der Waals surface area contributed by atoms with Gasteiger partial charge in [0.15, 0.2) is 0 Å². The summed E-state index contributed by atoms with van der Waals surface area (Å²) in [7, 11) is 0. The van der Waals surface area contributed by atoms with Crippen molar-refractivity contribution in [2.45, 2.75) is 43.1 Å². The molecule has 0 aromatic heterocycles. The van der Waals surface area contributed by atoms with Crippen molar-refractivity contribution in [2.75, 3.05) is 9.80 Å². The molecule has 0 amide bonds. The van der Waals surface area contributed by atoms with E-state index in [9.17, 15) is 0 Å². The van der Waals surface area contributed by atoms with E-state index in [4.69, 9.17) is 0 Å². The Morgan fingerprint density at radius 3 is 1.81 bits per heavy atom. The third kappa shape index (κ3) is 6.15. The molecule has 63 heavy (non-hydrogen) atoms. The highest BCUT2D eigenvalue weighted by Crippen LogP contribution is 2.57. The summed E-state index contributed by atoms with van der Waals surface area (Å²) >= 11 is 0. The van der Waals surface area contributed by atoms with Gasteiger partial charge in [0.25, 0.3) is 0 Å². The fourth-order valence-electron chi connectivity index (χ4n) is 11.2. The number of hydrogen-bond donors (Lipinski definition) is 0. The molecule has 2 unspecified atom stereocenters. The van der Waals surface area contributed by atoms with Gasteiger partial charge in [0.1, 0.15) is 0 Å². The first kappa shape index (κ1) is 37.4. The monoisotopic (exact) mass is 808 g/mol. The third-order valence-electron chi connectivity index (χ3n) is 14.1. The molecule has 2 atom stereocenters. The highest BCUT2D eigenvalue weighted by molar-refractivity contribution is 5.90. The van der Waals surface area contributed by atoms with Gasteiger partial charge in [0, 0.05) is 40.4 Å². The predicted octanol–water partition coefficient (Wildman–Crippen LogP) is 15.9. The van der Waals surface area contributed by atoms with Crippen LogP contribution >= 0.6 is 0 Å². The quantitative estimate of drug-likeness (QED) is 0.141. The van der Waals surface area contributed by atoms with Crippen molar-refractivity contribution in [2.24, 2.45) is 0 Å². The molecular formula is C61H48N2. The van der Waals surface area contributed by atoms with Crippen LogP contribution in [0.2, 0.25) is 0 Å². The van der Waals surface area contributed by atoms with Gasteiger partial charge in [-0.25, -0.2) is 0 Å². The largest absolute Gasteiger partial charge is 0.337 e. The highest BCUT2D eigenvalue weighted by Gasteiger charge is 2.46. The van der Waals surface area contributed by atoms with Crippen LogP contribution in [0.1, 0.15) is 65.0 Å². The van der Waals surface area contributed by atoms with Gasteiger partial charge in [-0.15, -0.1) is 0 Å². The molecule has 12 rings (SSSR count). The predicted molar refractivity (Wildman–Crippen MR) is 264 cm³/mol. The molecule has 0 saturated heterocycles. The van der Waals surface area contributed by atoms with E-state index in [-0.39, 0.29) is 0 Å². The Hall–Kier alpha value is -7.42. The molecule has 0 radical (unpaired) electrons. The lowest BCUT2D eigenvalue weighted by Gasteiger charge is -2.35. The molecule has 302 valence electrons. The first-order valence-corrected chi connectivity index (χ1v) is 22.6. The molecule has 0 bridgehead atoms. The molecule has 3 aliphatic carbocycles. The fourth-order valence-corrected chi connectivity index (χ4v) is 11.2. The maximum atomic E-state index is 2.58. The molecule has 0 fully saturated rings. The van der Waals surface area contributed by atoms with Gasteiger partial charge in [-0.1, -0.05) is 170 Å². The Balaban J connectivity index is 0.987. The number of nitrogens with zero attached hydrogens (tertiary/aromatic N) is 2. The van der Waals surface area contributed by atoms with Crippen LogP contribution in [0.3, 0.4) is 0 Å². The van der Waals surface area contributed by atoms with Gasteiger partial charge in [-0.3, -0.25) is 0 Å². The first-order chi connectivity index (χ1) is 31.3. The molecule has 1 heterocycles. The Bertz CT molecular complexity index is 3010. The van der Waals surface area contributed by atoms with E-state index in [1.54, 1.807) is 0 Å². The van der Waals surface area contributed by atoms with Crippen LogP contribution in [0.5, 0.6) is 0 Å². The van der Waals surface area contributed by atoms with Crippen molar-refractivity contribution >= 4 is 34.0 Å². The molecular weight excluding hydrogens is 761 g/mol. The smallest absolute Gasteiger partial charge is 0.0714 e. The molecule has 8 aromatic carbocycles. The molecule has 2 nitrogen and oxygen atoms in total. The second-order valence-corrected chi connectivity index (χ2v) is 17.4. The Kier molecular flexibility index (Phi) is 9.18. The lowest BCUT2D eigenvalue weighted by Crippen LogP contribution is -2.30. The van der Waals surface area contributed by atoms with Crippen molar-refractivity contribution in [3.05, 3.63) is 264 Å². The number of fused-ring (bicyclic) bond motifs is 6. The summed E-state index contributed by atoms with van der Waals surface area (Å²) in [6, 6.07) is 75.4. The summed E-state index contributed by atoms with van der Waals surface area (Å²) in [6.07, 6.45) is 16.0. The average Bonchev–Trinajstić information content (AvgIpc) is 3.86. The van der Waals surface area contributed by atoms with Gasteiger partial charge >= 0.3 is 0 Å². The number of rotatable bonds is 8. The van der Waals surface area contributed by atoms with Crippen molar-refractivity contribution in [3.63, 3.8) is 0 Å². The van der Waals surface area contributed by atoms with Gasteiger partial charge in [0.05, 0.1) is 5.41 Å². The summed E-state index contributed by atoms with van der Waals surface area (Å²) in [5, 5.41) is 0. The Morgan fingerprint density at radius 2 is 1.11 bits per heavy atom. The van der Waals surface area contributed by atoms with E-state index in [1.807, 2.05) is 0 Å². The standard InChI is InChI=1S/C61H48N2/c1-5-17-43(18-6-1)44-29-34-50(35-30-44)62(51-36-31-45(32-37-51)46-33-40-60-56(41-46)55-26-14-16-28-59(55)63(60)49-23-11-4-12-24-49)52-38-39-54-53-25-13-15-27-57(53)61(58(54)42-52,47-19-7-2-8-20-47)48-21-9-3-10-22-48/h1-5,7-15,17,19-27,29-42,55,59H,6,16,18,28H2. The molecule has 0 spiro atoms. The highest BCUT2D eigenvalue weighted by atomic mass is 15.2. The normalized spacial score (nSPS) is 17.7. The summed E-state index contributed by atoms with van der Waals surface area (Å²) in [5.74, 6) is 0.386. The Labute approximate surface area is 371 Å². The molecule has 0 saturated carbocycles. The summed E-state index contributed by atoms with van der Waals surface area (Å²) in [5.41, 5.74) is 19.8. The van der Waals surface area contributed by atoms with Crippen molar-refractivity contribution < 1.29 is 0 Å². The number of anilines is 5. The minimum atomic E-state index is -0.485. The number of hydrogen-bond acceptors (Lipinski definition) is 2. The Morgan fingerprint density at radius 1 is 0.492 bits per heavy atom. The molecule has 2 heteroatoms. The van der Waals surface area contributed by atoms with E-state index in [0.29, 0.717) is 12.0 Å². The van der Waals surface area contributed by atoms with E-state index >= 15 is 0 Å². The van der Waals surface area contributed by atoms with Crippen molar-refractivity contribution in [1.82, 2.24) is 0 Å². The van der Waals surface area contributed by atoms with Gasteiger partial charge in [0.2, 0.25) is 0 Å². The van der Waals surface area contributed by atoms with Crippen LogP contribution < -0.4 is 9.80 Å². The zero-order valence-corrected chi connectivity index (χ0v) is 35.3. The van der Waals surface area contributed by atoms with Crippen LogP contribution in [0, 0.1) is 0 Å². The van der Waals surface area contributed by atoms with E-state index < -0.39 is 5.41 Å². The SMILES string of the molecule is C1=CCCC(c2ccc(N(c3ccc(-c4ccc5c(c4)C4C=CCCC4N5c4ccccc4)cc3)c3ccc4c(c3)C(c3ccccc3)(c3ccccc3)c3ccccc3-4)cc2)=C1. The second kappa shape index (κ2) is 15.5. The summed E-state index contributed by atoms with van der Waals surface area (Å²) in [6.45, 7) is 0. The lowest BCUT2D eigenvalue weighted by molar-refractivity contribution is 0.565. The van der Waals surface area contributed by atoms with Crippen LogP contribution in [0.4, 0.5) is 28.4 Å². The number of para-hydroxylation sites is 1. The first-order valence-electron chi connectivity index (χ1n) is 22.6. The topological polar surface area (TPSA) is 6.48 Å². The van der Waals surface area contributed by atoms with E-state index in [2.05, 4.69) is 240 Å². The number of allylic oxidation sites excluding steroid dienone is 5. The minimum absolute atomic E-state index is 0.386. The van der Waals surface area contributed by atoms with Crippen LogP contribution in [-0.2, 0) is 5.41 Å².